The fraction of sp³-hybridized carbons (Fsp3) is 1.00. The van der Waals surface area contributed by atoms with Crippen molar-refractivity contribution in [1.29, 1.82) is 0 Å². The molecule has 0 fully saturated rings. The zero-order valence-electron chi connectivity index (χ0n) is 10.4. The third kappa shape index (κ3) is 8.70. The Balaban J connectivity index is 3.75. The van der Waals surface area contributed by atoms with Crippen LogP contribution in [0.4, 0.5) is 0 Å². The Morgan fingerprint density at radius 2 is 1.69 bits per heavy atom. The van der Waals surface area contributed by atoms with Crippen LogP contribution in [0.15, 0.2) is 0 Å². The lowest BCUT2D eigenvalue weighted by molar-refractivity contribution is -0.0392. The molecule has 0 saturated carbocycles. The van der Waals surface area contributed by atoms with Crippen LogP contribution in [-0.2, 0) is 4.74 Å². The van der Waals surface area contributed by atoms with Crippen LogP contribution in [0, 0.1) is 0 Å². The summed E-state index contributed by atoms with van der Waals surface area (Å²) in [6, 6.07) is 0. The Labute approximate surface area is 110 Å². The van der Waals surface area contributed by atoms with Gasteiger partial charge >= 0.3 is 0 Å². The van der Waals surface area contributed by atoms with Crippen LogP contribution < -0.4 is 0 Å². The maximum Gasteiger partial charge on any atom is 0.0649 e. The van der Waals surface area contributed by atoms with E-state index in [1.807, 2.05) is 13.8 Å². The van der Waals surface area contributed by atoms with Crippen LogP contribution in [0.1, 0.15) is 20.3 Å². The van der Waals surface area contributed by atoms with Gasteiger partial charge in [-0.1, -0.05) is 0 Å². The SMILES string of the molecule is CC(C)(CCO)OCCN(CCS)CCS. The van der Waals surface area contributed by atoms with Crippen molar-refractivity contribution in [3.63, 3.8) is 0 Å². The molecule has 0 aromatic heterocycles. The first kappa shape index (κ1) is 16.6. The van der Waals surface area contributed by atoms with Gasteiger partial charge in [0.15, 0.2) is 0 Å². The van der Waals surface area contributed by atoms with Crippen molar-refractivity contribution in [3.8, 4) is 0 Å². The van der Waals surface area contributed by atoms with Gasteiger partial charge in [0.2, 0.25) is 0 Å². The number of hydrogen-bond donors (Lipinski definition) is 3. The van der Waals surface area contributed by atoms with Gasteiger partial charge in [0.25, 0.3) is 0 Å². The highest BCUT2D eigenvalue weighted by Crippen LogP contribution is 2.13. The quantitative estimate of drug-likeness (QED) is 0.522. The molecule has 0 amide bonds. The molecule has 16 heavy (non-hydrogen) atoms. The Morgan fingerprint density at radius 1 is 1.12 bits per heavy atom. The second-order valence-electron chi connectivity index (χ2n) is 4.37. The Hall–Kier alpha value is 0.580. The second-order valence-corrected chi connectivity index (χ2v) is 5.27. The lowest BCUT2D eigenvalue weighted by Crippen LogP contribution is -2.35. The average Bonchev–Trinajstić information content (AvgIpc) is 2.18. The Morgan fingerprint density at radius 3 is 2.12 bits per heavy atom. The zero-order chi connectivity index (χ0) is 12.4. The highest BCUT2D eigenvalue weighted by atomic mass is 32.1. The number of thiol groups is 2. The van der Waals surface area contributed by atoms with Crippen molar-refractivity contribution in [2.45, 2.75) is 25.9 Å². The lowest BCUT2D eigenvalue weighted by Gasteiger charge is -2.27. The number of aliphatic hydroxyl groups excluding tert-OH is 1. The summed E-state index contributed by atoms with van der Waals surface area (Å²) in [4.78, 5) is 2.29. The predicted molar refractivity (Wildman–Crippen MR) is 75.9 cm³/mol. The summed E-state index contributed by atoms with van der Waals surface area (Å²) in [6.45, 7) is 7.70. The minimum absolute atomic E-state index is 0.171. The fourth-order valence-electron chi connectivity index (χ4n) is 1.41. The molecule has 0 saturated heterocycles. The summed E-state index contributed by atoms with van der Waals surface area (Å²) in [5.41, 5.74) is -0.234. The Bertz CT molecular complexity index is 162. The van der Waals surface area contributed by atoms with Crippen LogP contribution in [0.2, 0.25) is 0 Å². The van der Waals surface area contributed by atoms with Crippen molar-refractivity contribution in [3.05, 3.63) is 0 Å². The summed E-state index contributed by atoms with van der Waals surface area (Å²) >= 11 is 8.45. The molecule has 0 aliphatic carbocycles. The van der Waals surface area contributed by atoms with Gasteiger partial charge in [0.05, 0.1) is 12.2 Å². The molecule has 0 radical (unpaired) electrons. The smallest absolute Gasteiger partial charge is 0.0649 e. The van der Waals surface area contributed by atoms with Crippen molar-refractivity contribution in [1.82, 2.24) is 4.90 Å². The van der Waals surface area contributed by atoms with E-state index in [9.17, 15) is 0 Å². The molecule has 0 aliphatic rings. The first-order valence-electron chi connectivity index (χ1n) is 5.74. The van der Waals surface area contributed by atoms with Crippen LogP contribution in [0.5, 0.6) is 0 Å². The van der Waals surface area contributed by atoms with Crippen LogP contribution in [-0.4, -0.2) is 60.0 Å². The van der Waals surface area contributed by atoms with Crippen LogP contribution in [0.3, 0.4) is 0 Å². The number of rotatable bonds is 10. The normalized spacial score (nSPS) is 12.4. The van der Waals surface area contributed by atoms with Gasteiger partial charge in [-0.25, -0.2) is 0 Å². The van der Waals surface area contributed by atoms with Gasteiger partial charge in [-0.2, -0.15) is 25.3 Å². The van der Waals surface area contributed by atoms with Gasteiger partial charge in [-0.3, -0.25) is 4.90 Å². The summed E-state index contributed by atoms with van der Waals surface area (Å²) in [7, 11) is 0. The fourth-order valence-corrected chi connectivity index (χ4v) is 1.98. The van der Waals surface area contributed by atoms with Gasteiger partial charge in [0.1, 0.15) is 0 Å². The molecule has 0 bridgehead atoms. The van der Waals surface area contributed by atoms with Gasteiger partial charge in [-0.05, 0) is 20.3 Å². The standard InChI is InChI=1S/C11H25NO2S2/c1-11(2,3-7-13)14-8-4-12(5-9-15)6-10-16/h13,15-16H,3-10H2,1-2H3. The van der Waals surface area contributed by atoms with E-state index in [1.165, 1.54) is 0 Å². The van der Waals surface area contributed by atoms with E-state index in [0.29, 0.717) is 13.0 Å². The minimum Gasteiger partial charge on any atom is -0.396 e. The topological polar surface area (TPSA) is 32.7 Å². The van der Waals surface area contributed by atoms with Gasteiger partial charge in [-0.15, -0.1) is 0 Å². The molecule has 0 aliphatic heterocycles. The largest absolute Gasteiger partial charge is 0.396 e. The summed E-state index contributed by atoms with van der Waals surface area (Å²) in [5, 5.41) is 8.87. The molecule has 1 N–H and O–H groups in total. The maximum absolute atomic E-state index is 8.87. The second kappa shape index (κ2) is 9.59. The molecule has 0 aromatic carbocycles. The molecule has 0 spiro atoms. The minimum atomic E-state index is -0.234. The molecule has 0 unspecified atom stereocenters. The van der Waals surface area contributed by atoms with Crippen LogP contribution >= 0.6 is 25.3 Å². The summed E-state index contributed by atoms with van der Waals surface area (Å²) < 4.78 is 5.74. The third-order valence-electron chi connectivity index (χ3n) is 2.45. The van der Waals surface area contributed by atoms with Crippen molar-refractivity contribution in [2.24, 2.45) is 0 Å². The van der Waals surface area contributed by atoms with Gasteiger partial charge in [0, 0.05) is 37.7 Å². The Kier molecular flexibility index (Phi) is 9.94. The van der Waals surface area contributed by atoms with E-state index >= 15 is 0 Å². The number of hydrogen-bond acceptors (Lipinski definition) is 5. The highest BCUT2D eigenvalue weighted by molar-refractivity contribution is 7.80. The zero-order valence-corrected chi connectivity index (χ0v) is 12.1. The molecule has 0 heterocycles. The van der Waals surface area contributed by atoms with E-state index in [2.05, 4.69) is 30.2 Å². The van der Waals surface area contributed by atoms with Crippen molar-refractivity contribution < 1.29 is 9.84 Å². The van der Waals surface area contributed by atoms with Crippen molar-refractivity contribution >= 4 is 25.3 Å². The average molecular weight is 267 g/mol. The number of aliphatic hydroxyl groups is 1. The monoisotopic (exact) mass is 267 g/mol. The molecule has 0 atom stereocenters. The first-order valence-corrected chi connectivity index (χ1v) is 7.01. The molecule has 98 valence electrons. The molecular formula is C11H25NO2S2. The third-order valence-corrected chi connectivity index (χ3v) is 2.85. The van der Waals surface area contributed by atoms with E-state index in [0.717, 1.165) is 31.1 Å². The van der Waals surface area contributed by atoms with E-state index in [1.54, 1.807) is 0 Å². The molecular weight excluding hydrogens is 242 g/mol. The molecule has 3 nitrogen and oxygen atoms in total. The van der Waals surface area contributed by atoms with E-state index in [4.69, 9.17) is 9.84 Å². The molecule has 5 heteroatoms. The van der Waals surface area contributed by atoms with Crippen LogP contribution in [0.25, 0.3) is 0 Å². The highest BCUT2D eigenvalue weighted by Gasteiger charge is 2.17. The maximum atomic E-state index is 8.87. The summed E-state index contributed by atoms with van der Waals surface area (Å²) in [6.07, 6.45) is 0.673. The molecule has 0 aromatic rings. The summed E-state index contributed by atoms with van der Waals surface area (Å²) in [5.74, 6) is 1.71. The first-order chi connectivity index (χ1) is 7.55. The van der Waals surface area contributed by atoms with E-state index < -0.39 is 0 Å². The van der Waals surface area contributed by atoms with E-state index in [-0.39, 0.29) is 12.2 Å². The predicted octanol–water partition coefficient (Wildman–Crippen LogP) is 1.33. The number of ether oxygens (including phenoxy) is 1. The number of nitrogens with zero attached hydrogens (tertiary/aromatic N) is 1. The molecule has 0 rings (SSSR count). The van der Waals surface area contributed by atoms with Gasteiger partial charge < -0.3 is 9.84 Å². The van der Waals surface area contributed by atoms with Crippen molar-refractivity contribution in [2.75, 3.05) is 44.4 Å². The lowest BCUT2D eigenvalue weighted by atomic mass is 10.1.